The fourth-order valence-electron chi connectivity index (χ4n) is 2.19. The minimum Gasteiger partial charge on any atom is -0.394 e. The number of aromatic nitrogens is 4. The Bertz CT molecular complexity index is 650. The van der Waals surface area contributed by atoms with E-state index in [-0.39, 0.29) is 16.7 Å². The van der Waals surface area contributed by atoms with Crippen molar-refractivity contribution in [3.8, 4) is 0 Å². The van der Waals surface area contributed by atoms with E-state index in [4.69, 9.17) is 27.2 Å². The van der Waals surface area contributed by atoms with E-state index in [9.17, 15) is 10.2 Å². The molecule has 1 fully saturated rings. The first kappa shape index (κ1) is 13.5. The second-order valence-electron chi connectivity index (χ2n) is 4.43. The molecule has 10 heteroatoms. The van der Waals surface area contributed by atoms with E-state index >= 15 is 0 Å². The van der Waals surface area contributed by atoms with Gasteiger partial charge in [-0.05, 0) is 0 Å². The molecule has 3 rings (SSSR count). The number of ether oxygens (including phenoxy) is 1. The van der Waals surface area contributed by atoms with Crippen LogP contribution in [0.25, 0.3) is 11.2 Å². The van der Waals surface area contributed by atoms with Crippen molar-refractivity contribution in [2.24, 2.45) is 0 Å². The summed E-state index contributed by atoms with van der Waals surface area (Å²) in [5.74, 6) is -0.0454. The first-order valence-corrected chi connectivity index (χ1v) is 6.18. The first-order valence-electron chi connectivity index (χ1n) is 5.81. The molecule has 1 aliphatic heterocycles. The molecule has 4 atom stereocenters. The molecule has 0 amide bonds. The average molecular weight is 302 g/mol. The van der Waals surface area contributed by atoms with Crippen molar-refractivity contribution in [1.29, 1.82) is 0 Å². The normalized spacial score (nSPS) is 30.2. The second kappa shape index (κ2) is 4.79. The molecular weight excluding hydrogens is 290 g/mol. The SMILES string of the molecule is Nc1nc(Cl)c2ncn([C@H]3O[C@H](CO)[C@@H](O)[C@@H]3O)c2n1. The van der Waals surface area contributed by atoms with Gasteiger partial charge in [-0.15, -0.1) is 0 Å². The van der Waals surface area contributed by atoms with Crippen LogP contribution in [-0.2, 0) is 4.74 Å². The number of aliphatic hydroxyl groups excluding tert-OH is 3. The highest BCUT2D eigenvalue weighted by Gasteiger charge is 2.44. The van der Waals surface area contributed by atoms with Crippen LogP contribution in [0.5, 0.6) is 0 Å². The van der Waals surface area contributed by atoms with Gasteiger partial charge in [-0.3, -0.25) is 4.57 Å². The Morgan fingerprint density at radius 1 is 1.35 bits per heavy atom. The minimum absolute atomic E-state index is 0.0454. The van der Waals surface area contributed by atoms with E-state index in [1.165, 1.54) is 10.9 Å². The number of nitrogens with zero attached hydrogens (tertiary/aromatic N) is 4. The van der Waals surface area contributed by atoms with Gasteiger partial charge in [0.15, 0.2) is 17.0 Å². The van der Waals surface area contributed by atoms with Crippen molar-refractivity contribution in [3.05, 3.63) is 11.5 Å². The van der Waals surface area contributed by atoms with Crippen LogP contribution in [0, 0.1) is 0 Å². The second-order valence-corrected chi connectivity index (χ2v) is 4.78. The van der Waals surface area contributed by atoms with Crippen molar-refractivity contribution in [2.45, 2.75) is 24.5 Å². The number of halogens is 1. The highest BCUT2D eigenvalue weighted by molar-refractivity contribution is 6.33. The van der Waals surface area contributed by atoms with Gasteiger partial charge in [0, 0.05) is 0 Å². The monoisotopic (exact) mass is 301 g/mol. The van der Waals surface area contributed by atoms with Gasteiger partial charge >= 0.3 is 0 Å². The van der Waals surface area contributed by atoms with Gasteiger partial charge in [0.2, 0.25) is 5.95 Å². The molecule has 0 aliphatic carbocycles. The summed E-state index contributed by atoms with van der Waals surface area (Å²) in [5, 5.41) is 28.9. The number of aliphatic hydroxyl groups is 3. The van der Waals surface area contributed by atoms with Gasteiger partial charge in [0.25, 0.3) is 0 Å². The van der Waals surface area contributed by atoms with E-state index in [2.05, 4.69) is 15.0 Å². The smallest absolute Gasteiger partial charge is 0.223 e. The Hall–Kier alpha value is -1.52. The van der Waals surface area contributed by atoms with Gasteiger partial charge in [-0.2, -0.15) is 9.97 Å². The van der Waals surface area contributed by atoms with Gasteiger partial charge in [-0.25, -0.2) is 4.98 Å². The molecular formula is C10H12ClN5O4. The van der Waals surface area contributed by atoms with Crippen LogP contribution in [0.4, 0.5) is 5.95 Å². The molecule has 5 N–H and O–H groups in total. The van der Waals surface area contributed by atoms with Crippen LogP contribution >= 0.6 is 11.6 Å². The molecule has 2 aromatic heterocycles. The lowest BCUT2D eigenvalue weighted by Gasteiger charge is -2.16. The summed E-state index contributed by atoms with van der Waals surface area (Å²) in [7, 11) is 0. The van der Waals surface area contributed by atoms with E-state index in [0.717, 1.165) is 0 Å². The maximum absolute atomic E-state index is 9.99. The van der Waals surface area contributed by atoms with Crippen molar-refractivity contribution >= 4 is 28.7 Å². The predicted octanol–water partition coefficient (Wildman–Crippen LogP) is -1.33. The summed E-state index contributed by atoms with van der Waals surface area (Å²) < 4.78 is 6.79. The zero-order valence-electron chi connectivity index (χ0n) is 10.1. The lowest BCUT2D eigenvalue weighted by Crippen LogP contribution is -2.33. The highest BCUT2D eigenvalue weighted by atomic mass is 35.5. The molecule has 20 heavy (non-hydrogen) atoms. The third-order valence-corrected chi connectivity index (χ3v) is 3.45. The number of fused-ring (bicyclic) bond motifs is 1. The summed E-state index contributed by atoms with van der Waals surface area (Å²) in [6, 6.07) is 0. The van der Waals surface area contributed by atoms with Crippen LogP contribution in [0.15, 0.2) is 6.33 Å². The topological polar surface area (TPSA) is 140 Å². The van der Waals surface area contributed by atoms with Crippen molar-refractivity contribution in [1.82, 2.24) is 19.5 Å². The van der Waals surface area contributed by atoms with E-state index in [1.807, 2.05) is 0 Å². The van der Waals surface area contributed by atoms with Crippen molar-refractivity contribution in [2.75, 3.05) is 12.3 Å². The fourth-order valence-corrected chi connectivity index (χ4v) is 2.41. The molecule has 0 bridgehead atoms. The number of rotatable bonds is 2. The molecule has 108 valence electrons. The standard InChI is InChI=1S/C10H12ClN5O4/c11-7-4-8(15-10(12)14-7)16(2-13-4)9-6(19)5(18)3(1-17)20-9/h2-3,5-6,9,17-19H,1H2,(H2,12,14,15)/t3-,5-,6+,9+/m1/s1. The van der Waals surface area contributed by atoms with Crippen molar-refractivity contribution in [3.63, 3.8) is 0 Å². The molecule has 2 aromatic rings. The lowest BCUT2D eigenvalue weighted by atomic mass is 10.1. The molecule has 0 unspecified atom stereocenters. The molecule has 0 spiro atoms. The third kappa shape index (κ3) is 1.91. The summed E-state index contributed by atoms with van der Waals surface area (Å²) in [4.78, 5) is 11.8. The fraction of sp³-hybridized carbons (Fsp3) is 0.500. The van der Waals surface area contributed by atoms with Crippen LogP contribution < -0.4 is 5.73 Å². The zero-order chi connectivity index (χ0) is 14.4. The molecule has 9 nitrogen and oxygen atoms in total. The maximum Gasteiger partial charge on any atom is 0.223 e. The quantitative estimate of drug-likeness (QED) is 0.500. The number of anilines is 1. The molecule has 1 saturated heterocycles. The first-order chi connectivity index (χ1) is 9.52. The molecule has 3 heterocycles. The Kier molecular flexibility index (Phi) is 3.22. The Morgan fingerprint density at radius 3 is 2.75 bits per heavy atom. The number of nitrogens with two attached hydrogens (primary N) is 1. The lowest BCUT2D eigenvalue weighted by molar-refractivity contribution is -0.0511. The van der Waals surface area contributed by atoms with Crippen LogP contribution in [0.1, 0.15) is 6.23 Å². The average Bonchev–Trinajstić information content (AvgIpc) is 2.93. The molecule has 0 aromatic carbocycles. The predicted molar refractivity (Wildman–Crippen MR) is 67.8 cm³/mol. The van der Waals surface area contributed by atoms with Crippen molar-refractivity contribution < 1.29 is 20.1 Å². The summed E-state index contributed by atoms with van der Waals surface area (Å²) in [6.07, 6.45) is -2.93. The number of imidazole rings is 1. The Labute approximate surface area is 117 Å². The highest BCUT2D eigenvalue weighted by Crippen LogP contribution is 2.32. The number of nitrogen functional groups attached to an aromatic ring is 1. The summed E-state index contributed by atoms with van der Waals surface area (Å²) in [5.41, 5.74) is 6.11. The third-order valence-electron chi connectivity index (χ3n) is 3.19. The Balaban J connectivity index is 2.07. The molecule has 0 saturated carbocycles. The van der Waals surface area contributed by atoms with Crippen LogP contribution in [-0.4, -0.2) is 59.8 Å². The number of hydrogen-bond donors (Lipinski definition) is 4. The van der Waals surface area contributed by atoms with E-state index < -0.39 is 31.1 Å². The summed E-state index contributed by atoms with van der Waals surface area (Å²) in [6.45, 7) is -0.417. The minimum atomic E-state index is -1.24. The van der Waals surface area contributed by atoms with Gasteiger partial charge in [0.1, 0.15) is 23.8 Å². The number of hydrogen-bond acceptors (Lipinski definition) is 8. The molecule has 0 radical (unpaired) electrons. The summed E-state index contributed by atoms with van der Waals surface area (Å²) >= 11 is 5.90. The van der Waals surface area contributed by atoms with E-state index in [0.29, 0.717) is 5.52 Å². The molecule has 1 aliphatic rings. The zero-order valence-corrected chi connectivity index (χ0v) is 10.8. The van der Waals surface area contributed by atoms with Gasteiger partial charge in [0.05, 0.1) is 12.9 Å². The maximum atomic E-state index is 9.99. The van der Waals surface area contributed by atoms with Crippen LogP contribution in [0.2, 0.25) is 5.15 Å². The van der Waals surface area contributed by atoms with Gasteiger partial charge < -0.3 is 25.8 Å². The Morgan fingerprint density at radius 2 is 2.10 bits per heavy atom. The van der Waals surface area contributed by atoms with Crippen LogP contribution in [0.3, 0.4) is 0 Å². The van der Waals surface area contributed by atoms with Gasteiger partial charge in [-0.1, -0.05) is 11.6 Å². The largest absolute Gasteiger partial charge is 0.394 e. The van der Waals surface area contributed by atoms with E-state index in [1.54, 1.807) is 0 Å².